The van der Waals surface area contributed by atoms with Gasteiger partial charge in [-0.3, -0.25) is 0 Å². The van der Waals surface area contributed by atoms with Gasteiger partial charge in [0.15, 0.2) is 5.65 Å². The number of hydrogen-bond acceptors (Lipinski definition) is 6. The van der Waals surface area contributed by atoms with Crippen LogP contribution in [-0.4, -0.2) is 54.3 Å². The molecule has 0 atom stereocenters. The third-order valence-electron chi connectivity index (χ3n) is 7.25. The van der Waals surface area contributed by atoms with E-state index in [0.29, 0.717) is 23.6 Å². The fourth-order valence-electron chi connectivity index (χ4n) is 5.32. The van der Waals surface area contributed by atoms with Gasteiger partial charge in [-0.15, -0.1) is 0 Å². The zero-order valence-electron chi connectivity index (χ0n) is 18.2. The van der Waals surface area contributed by atoms with Crippen LogP contribution in [0.4, 0.5) is 5.95 Å². The van der Waals surface area contributed by atoms with Gasteiger partial charge in [-0.1, -0.05) is 25.3 Å². The Labute approximate surface area is 186 Å². The molecule has 4 aromatic rings. The Bertz CT molecular complexity index is 1230. The summed E-state index contributed by atoms with van der Waals surface area (Å²) in [7, 11) is 0. The van der Waals surface area contributed by atoms with Crippen molar-refractivity contribution >= 4 is 28.1 Å². The lowest BCUT2D eigenvalue weighted by molar-refractivity contribution is 0.202. The van der Waals surface area contributed by atoms with Crippen molar-refractivity contribution in [3.8, 4) is 11.3 Å². The Morgan fingerprint density at radius 2 is 1.84 bits per heavy atom. The number of anilines is 1. The third kappa shape index (κ3) is 3.43. The highest BCUT2D eigenvalue weighted by Crippen LogP contribution is 2.33. The largest absolute Gasteiger partial charge is 0.396 e. The Kier molecular flexibility index (Phi) is 5.02. The summed E-state index contributed by atoms with van der Waals surface area (Å²) in [4.78, 5) is 24.3. The van der Waals surface area contributed by atoms with Gasteiger partial charge in [0.05, 0.1) is 23.7 Å². The van der Waals surface area contributed by atoms with Crippen molar-refractivity contribution in [2.24, 2.45) is 5.92 Å². The Morgan fingerprint density at radius 3 is 2.66 bits per heavy atom. The van der Waals surface area contributed by atoms with E-state index in [9.17, 15) is 5.11 Å². The molecule has 6 rings (SSSR count). The molecule has 8 nitrogen and oxygen atoms in total. The number of benzene rings is 1. The van der Waals surface area contributed by atoms with Crippen LogP contribution in [0.1, 0.15) is 51.0 Å². The monoisotopic (exact) mass is 431 g/mol. The van der Waals surface area contributed by atoms with Crippen molar-refractivity contribution < 1.29 is 5.11 Å². The summed E-state index contributed by atoms with van der Waals surface area (Å²) >= 11 is 0. The van der Waals surface area contributed by atoms with Gasteiger partial charge < -0.3 is 19.6 Å². The predicted octanol–water partition coefficient (Wildman–Crippen LogP) is 4.08. The zero-order chi connectivity index (χ0) is 21.5. The number of piperidine rings is 1. The number of aromatic nitrogens is 6. The van der Waals surface area contributed by atoms with Crippen molar-refractivity contribution in [3.05, 3.63) is 30.9 Å². The van der Waals surface area contributed by atoms with E-state index in [1.165, 1.54) is 37.6 Å². The van der Waals surface area contributed by atoms with Crippen LogP contribution >= 0.6 is 0 Å². The minimum Gasteiger partial charge on any atom is -0.396 e. The molecule has 3 aromatic heterocycles. The molecule has 4 heterocycles. The first-order valence-electron chi connectivity index (χ1n) is 11.8. The van der Waals surface area contributed by atoms with Gasteiger partial charge >= 0.3 is 0 Å². The molecule has 0 amide bonds. The van der Waals surface area contributed by atoms with E-state index in [-0.39, 0.29) is 6.61 Å². The standard InChI is InChI=1S/C24H29N7O/c32-13-16-8-10-30(11-9-16)24-28-21(22-23(29-24)26-14-25-22)17-6-7-20-19(12-17)27-15-31(20)18-4-2-1-3-5-18/h6-7,12,14-16,18,32H,1-5,8-11,13H2,(H,25,26,28,29). The first-order chi connectivity index (χ1) is 15.8. The van der Waals surface area contributed by atoms with E-state index >= 15 is 0 Å². The molecule has 8 heteroatoms. The molecule has 166 valence electrons. The van der Waals surface area contributed by atoms with Crippen LogP contribution in [0.25, 0.3) is 33.5 Å². The van der Waals surface area contributed by atoms with Gasteiger partial charge in [0.25, 0.3) is 0 Å². The number of H-pyrrole nitrogens is 1. The zero-order valence-corrected chi connectivity index (χ0v) is 18.2. The lowest BCUT2D eigenvalue weighted by atomic mass is 9.95. The molecule has 0 radical (unpaired) electrons. The van der Waals surface area contributed by atoms with E-state index < -0.39 is 0 Å². The van der Waals surface area contributed by atoms with E-state index in [4.69, 9.17) is 15.0 Å². The van der Waals surface area contributed by atoms with E-state index in [2.05, 4.69) is 37.6 Å². The molecular formula is C24H29N7O. The predicted molar refractivity (Wildman–Crippen MR) is 125 cm³/mol. The molecule has 1 aliphatic heterocycles. The highest BCUT2D eigenvalue weighted by Gasteiger charge is 2.23. The Balaban J connectivity index is 1.37. The van der Waals surface area contributed by atoms with Crippen LogP contribution in [0, 0.1) is 5.92 Å². The van der Waals surface area contributed by atoms with E-state index in [1.54, 1.807) is 6.33 Å². The molecular weight excluding hydrogens is 402 g/mol. The van der Waals surface area contributed by atoms with Crippen LogP contribution < -0.4 is 4.90 Å². The molecule has 0 bridgehead atoms. The molecule has 2 fully saturated rings. The number of rotatable bonds is 4. The first-order valence-corrected chi connectivity index (χ1v) is 11.8. The van der Waals surface area contributed by atoms with Crippen LogP contribution in [0.2, 0.25) is 0 Å². The number of hydrogen-bond donors (Lipinski definition) is 2. The Morgan fingerprint density at radius 1 is 1.00 bits per heavy atom. The summed E-state index contributed by atoms with van der Waals surface area (Å²) in [5.41, 5.74) is 5.62. The summed E-state index contributed by atoms with van der Waals surface area (Å²) in [5.74, 6) is 1.09. The van der Waals surface area contributed by atoms with E-state index in [1.807, 2.05) is 6.33 Å². The van der Waals surface area contributed by atoms with Gasteiger partial charge in [-0.25, -0.2) is 15.0 Å². The lowest BCUT2D eigenvalue weighted by Crippen LogP contribution is -2.35. The second kappa shape index (κ2) is 8.16. The summed E-state index contributed by atoms with van der Waals surface area (Å²) in [5, 5.41) is 9.45. The van der Waals surface area contributed by atoms with E-state index in [0.717, 1.165) is 48.2 Å². The minimum absolute atomic E-state index is 0.256. The molecule has 1 aromatic carbocycles. The fraction of sp³-hybridized carbons (Fsp3) is 0.500. The van der Waals surface area contributed by atoms with Crippen LogP contribution in [0.15, 0.2) is 30.9 Å². The number of aromatic amines is 1. The van der Waals surface area contributed by atoms with Gasteiger partial charge in [0, 0.05) is 31.3 Å². The minimum atomic E-state index is 0.256. The molecule has 1 saturated heterocycles. The number of imidazole rings is 2. The van der Waals surface area contributed by atoms with Crippen LogP contribution in [0.3, 0.4) is 0 Å². The van der Waals surface area contributed by atoms with Crippen LogP contribution in [-0.2, 0) is 0 Å². The summed E-state index contributed by atoms with van der Waals surface area (Å²) in [6.07, 6.45) is 12.0. The van der Waals surface area contributed by atoms with Crippen molar-refractivity contribution in [2.45, 2.75) is 51.0 Å². The van der Waals surface area contributed by atoms with Gasteiger partial charge in [-0.05, 0) is 43.7 Å². The maximum Gasteiger partial charge on any atom is 0.228 e. The number of aliphatic hydroxyl groups is 1. The topological polar surface area (TPSA) is 95.8 Å². The quantitative estimate of drug-likeness (QED) is 0.505. The normalized spacial score (nSPS) is 18.7. The van der Waals surface area contributed by atoms with Crippen molar-refractivity contribution in [1.82, 2.24) is 29.5 Å². The average Bonchev–Trinajstić information content (AvgIpc) is 3.50. The van der Waals surface area contributed by atoms with Gasteiger partial charge in [0.1, 0.15) is 11.2 Å². The number of aliphatic hydroxyl groups excluding tert-OH is 1. The van der Waals surface area contributed by atoms with Crippen molar-refractivity contribution in [2.75, 3.05) is 24.6 Å². The highest BCUT2D eigenvalue weighted by atomic mass is 16.3. The second-order valence-corrected chi connectivity index (χ2v) is 9.23. The van der Waals surface area contributed by atoms with Gasteiger partial charge in [-0.2, -0.15) is 4.98 Å². The van der Waals surface area contributed by atoms with Crippen LogP contribution in [0.5, 0.6) is 0 Å². The number of fused-ring (bicyclic) bond motifs is 2. The molecule has 2 N–H and O–H groups in total. The molecule has 1 aliphatic carbocycles. The average molecular weight is 432 g/mol. The molecule has 0 spiro atoms. The van der Waals surface area contributed by atoms with Gasteiger partial charge in [0.2, 0.25) is 5.95 Å². The maximum absolute atomic E-state index is 9.45. The summed E-state index contributed by atoms with van der Waals surface area (Å²) in [6.45, 7) is 1.96. The smallest absolute Gasteiger partial charge is 0.228 e. The Hall–Kier alpha value is -3.00. The summed E-state index contributed by atoms with van der Waals surface area (Å²) in [6, 6.07) is 7.03. The third-order valence-corrected chi connectivity index (χ3v) is 7.25. The lowest BCUT2D eigenvalue weighted by Gasteiger charge is -2.31. The highest BCUT2D eigenvalue weighted by molar-refractivity contribution is 5.91. The second-order valence-electron chi connectivity index (χ2n) is 9.23. The number of nitrogens with zero attached hydrogens (tertiary/aromatic N) is 6. The SMILES string of the molecule is OCC1CCN(c2nc(-c3ccc4c(c3)ncn4C3CCCCC3)c3[nH]cnc3n2)CC1. The number of nitrogens with one attached hydrogen (secondary N) is 1. The molecule has 0 unspecified atom stereocenters. The van der Waals surface area contributed by atoms with Crippen molar-refractivity contribution in [1.29, 1.82) is 0 Å². The molecule has 2 aliphatic rings. The molecule has 1 saturated carbocycles. The first kappa shape index (κ1) is 19.7. The maximum atomic E-state index is 9.45. The fourth-order valence-corrected chi connectivity index (χ4v) is 5.32. The molecule has 32 heavy (non-hydrogen) atoms. The van der Waals surface area contributed by atoms with Crippen molar-refractivity contribution in [3.63, 3.8) is 0 Å². The summed E-state index contributed by atoms with van der Waals surface area (Å²) < 4.78 is 2.36.